The van der Waals surface area contributed by atoms with Gasteiger partial charge in [-0.1, -0.05) is 65.8 Å². The fourth-order valence-corrected chi connectivity index (χ4v) is 7.11. The molecular formula is C32H27N7O8S2. The second kappa shape index (κ2) is 15.0. The van der Waals surface area contributed by atoms with Gasteiger partial charge in [-0.3, -0.25) is 19.3 Å². The average Bonchev–Trinajstić information content (AvgIpc) is 3.84. The topological polar surface area (TPSA) is 183 Å². The first kappa shape index (κ1) is 33.1. The molecule has 0 radical (unpaired) electrons. The third-order valence-corrected chi connectivity index (χ3v) is 9.48. The summed E-state index contributed by atoms with van der Waals surface area (Å²) in [6.07, 6.45) is 3.02. The van der Waals surface area contributed by atoms with Crippen LogP contribution in [0.1, 0.15) is 22.9 Å². The molecule has 2 N–H and O–H groups in total. The molecular weight excluding hydrogens is 675 g/mol. The van der Waals surface area contributed by atoms with Crippen molar-refractivity contribution in [3.63, 3.8) is 0 Å². The summed E-state index contributed by atoms with van der Waals surface area (Å²) in [6, 6.07) is 17.2. The minimum absolute atomic E-state index is 0.0793. The number of amides is 3. The smallest absolute Gasteiger partial charge is 0.419 e. The fourth-order valence-electron chi connectivity index (χ4n) is 5.12. The average molecular weight is 702 g/mol. The maximum atomic E-state index is 14.1. The van der Waals surface area contributed by atoms with E-state index in [1.165, 1.54) is 47.9 Å². The predicted molar refractivity (Wildman–Crippen MR) is 177 cm³/mol. The van der Waals surface area contributed by atoms with Crippen molar-refractivity contribution < 1.29 is 38.3 Å². The van der Waals surface area contributed by atoms with Gasteiger partial charge in [-0.25, -0.2) is 24.1 Å². The van der Waals surface area contributed by atoms with E-state index in [9.17, 15) is 24.0 Å². The second-order valence-electron chi connectivity index (χ2n) is 10.4. The van der Waals surface area contributed by atoms with Crippen LogP contribution in [0.4, 0.5) is 9.93 Å². The maximum absolute atomic E-state index is 14.1. The fraction of sp³-hybridized carbons (Fsp3) is 0.188. The third kappa shape index (κ3) is 7.07. The molecule has 0 bridgehead atoms. The van der Waals surface area contributed by atoms with Crippen LogP contribution >= 0.6 is 23.1 Å². The van der Waals surface area contributed by atoms with Gasteiger partial charge in [-0.2, -0.15) is 0 Å². The minimum Gasteiger partial charge on any atom is -0.448 e. The zero-order valence-electron chi connectivity index (χ0n) is 25.6. The van der Waals surface area contributed by atoms with Crippen LogP contribution < -0.4 is 10.6 Å². The highest BCUT2D eigenvalue weighted by molar-refractivity contribution is 8.00. The summed E-state index contributed by atoms with van der Waals surface area (Å²) in [6.45, 7) is -0.311. The summed E-state index contributed by atoms with van der Waals surface area (Å²) in [7, 11) is 1.25. The SMILES string of the molecule is CO/N=C(/C(=O)NC1C(=O)N2C(C(=O)OC(c3ccccc3)c3ccccc3)=C(COC(=O)n3ccnc3)CS[C@H]12)c1csc(NC=O)n1. The van der Waals surface area contributed by atoms with Gasteiger partial charge in [-0.15, -0.1) is 23.1 Å². The largest absolute Gasteiger partial charge is 0.448 e. The number of ether oxygens (including phenoxy) is 2. The number of hydrogen-bond donors (Lipinski definition) is 2. The molecule has 4 aromatic rings. The number of carbonyl (C=O) groups is 5. The Morgan fingerprint density at radius 3 is 2.45 bits per heavy atom. The van der Waals surface area contributed by atoms with Gasteiger partial charge in [0.05, 0.1) is 0 Å². The molecule has 1 saturated heterocycles. The molecule has 15 nitrogen and oxygen atoms in total. The van der Waals surface area contributed by atoms with Crippen molar-refractivity contribution in [3.8, 4) is 0 Å². The van der Waals surface area contributed by atoms with Gasteiger partial charge in [0.2, 0.25) is 6.41 Å². The quantitative estimate of drug-likeness (QED) is 0.0728. The van der Waals surface area contributed by atoms with Gasteiger partial charge >= 0.3 is 12.1 Å². The number of thioether (sulfide) groups is 1. The minimum atomic E-state index is -1.05. The van der Waals surface area contributed by atoms with E-state index in [0.717, 1.165) is 15.9 Å². The van der Waals surface area contributed by atoms with E-state index in [4.69, 9.17) is 14.3 Å². The molecule has 49 heavy (non-hydrogen) atoms. The van der Waals surface area contributed by atoms with E-state index in [1.54, 1.807) is 0 Å². The first-order valence-corrected chi connectivity index (χ1v) is 16.5. The van der Waals surface area contributed by atoms with E-state index in [1.807, 2.05) is 60.7 Å². The van der Waals surface area contributed by atoms with Crippen LogP contribution in [0.2, 0.25) is 0 Å². The van der Waals surface area contributed by atoms with Gasteiger partial charge in [0.15, 0.2) is 16.9 Å². The van der Waals surface area contributed by atoms with Crippen LogP contribution in [-0.4, -0.2) is 86.3 Å². The predicted octanol–water partition coefficient (Wildman–Crippen LogP) is 2.93. The molecule has 2 atom stereocenters. The number of thiazole rings is 1. The first-order valence-electron chi connectivity index (χ1n) is 14.6. The molecule has 6 rings (SSSR count). The Balaban J connectivity index is 1.27. The van der Waals surface area contributed by atoms with Gasteiger partial charge in [0.25, 0.3) is 11.8 Å². The number of nitrogens with zero attached hydrogens (tertiary/aromatic N) is 5. The molecule has 3 amide bonds. The van der Waals surface area contributed by atoms with Crippen molar-refractivity contribution in [3.05, 3.63) is 113 Å². The maximum Gasteiger partial charge on any atom is 0.419 e. The standard InChI is InChI=1S/C32H27N7O8S2/c1-45-37-23(22-16-49-31(35-22)34-18-40)27(41)36-24-28(42)39-25(21(15-48-29(24)39)14-46-32(44)38-13-12-33-17-38)30(43)47-26(19-8-4-2-5-9-19)20-10-6-3-7-11-20/h2-13,16-18,24,26,29H,14-15H2,1H3,(H,36,41)(H,34,35,40)/b37-23+/t24?,29-/m1/s1. The second-order valence-corrected chi connectivity index (χ2v) is 12.3. The normalized spacial score (nSPS) is 17.1. The van der Waals surface area contributed by atoms with Gasteiger partial charge in [-0.05, 0) is 11.1 Å². The van der Waals surface area contributed by atoms with Gasteiger partial charge in [0, 0.05) is 29.1 Å². The number of rotatable bonds is 12. The number of imidazole rings is 1. The molecule has 0 spiro atoms. The highest BCUT2D eigenvalue weighted by Gasteiger charge is 2.55. The number of anilines is 1. The number of carbonyl (C=O) groups excluding carboxylic acids is 5. The number of hydrogen-bond acceptors (Lipinski definition) is 13. The molecule has 0 saturated carbocycles. The Morgan fingerprint density at radius 1 is 1.10 bits per heavy atom. The zero-order chi connectivity index (χ0) is 34.3. The number of nitrogens with one attached hydrogen (secondary N) is 2. The molecule has 17 heteroatoms. The number of oxime groups is 1. The summed E-state index contributed by atoms with van der Waals surface area (Å²) in [5, 5.41) is 9.87. The van der Waals surface area contributed by atoms with E-state index in [0.29, 0.717) is 23.1 Å². The van der Waals surface area contributed by atoms with Crippen LogP contribution in [0.25, 0.3) is 0 Å². The number of benzene rings is 2. The first-order chi connectivity index (χ1) is 23.9. The van der Waals surface area contributed by atoms with Crippen LogP contribution in [0, 0.1) is 0 Å². The summed E-state index contributed by atoms with van der Waals surface area (Å²) < 4.78 is 12.7. The van der Waals surface area contributed by atoms with Crippen LogP contribution in [0.5, 0.6) is 0 Å². The number of β-lactam (4-membered cyclic amide) rings is 1. The summed E-state index contributed by atoms with van der Waals surface area (Å²) in [4.78, 5) is 78.8. The number of esters is 1. The van der Waals surface area contributed by atoms with Crippen molar-refractivity contribution in [1.82, 2.24) is 24.8 Å². The molecule has 4 heterocycles. The van der Waals surface area contributed by atoms with Crippen molar-refractivity contribution >= 4 is 64.2 Å². The summed E-state index contributed by atoms with van der Waals surface area (Å²) in [5.74, 6) is -1.99. The van der Waals surface area contributed by atoms with E-state index in [-0.39, 0.29) is 34.6 Å². The third-order valence-electron chi connectivity index (χ3n) is 7.37. The highest BCUT2D eigenvalue weighted by atomic mass is 32.2. The Morgan fingerprint density at radius 2 is 1.82 bits per heavy atom. The van der Waals surface area contributed by atoms with E-state index < -0.39 is 41.4 Å². The van der Waals surface area contributed by atoms with Crippen molar-refractivity contribution in [2.75, 3.05) is 24.8 Å². The van der Waals surface area contributed by atoms with E-state index >= 15 is 0 Å². The van der Waals surface area contributed by atoms with Crippen LogP contribution in [-0.2, 0) is 33.5 Å². The van der Waals surface area contributed by atoms with E-state index in [2.05, 4.69) is 25.8 Å². The monoisotopic (exact) mass is 701 g/mol. The van der Waals surface area contributed by atoms with Crippen molar-refractivity contribution in [2.45, 2.75) is 17.5 Å². The number of fused-ring (bicyclic) bond motifs is 1. The lowest BCUT2D eigenvalue weighted by molar-refractivity contribution is -0.154. The summed E-state index contributed by atoms with van der Waals surface area (Å²) in [5.41, 5.74) is 1.57. The molecule has 1 fully saturated rings. The zero-order valence-corrected chi connectivity index (χ0v) is 27.3. The Kier molecular flexibility index (Phi) is 10.1. The number of aromatic nitrogens is 3. The molecule has 2 aromatic carbocycles. The van der Waals surface area contributed by atoms with Gasteiger partial charge in [0.1, 0.15) is 42.9 Å². The van der Waals surface area contributed by atoms with Crippen LogP contribution in [0.15, 0.2) is 101 Å². The molecule has 2 aliphatic rings. The van der Waals surface area contributed by atoms with Gasteiger partial charge < -0.3 is 24.9 Å². The molecule has 2 aliphatic heterocycles. The Bertz CT molecular complexity index is 1880. The molecule has 0 aliphatic carbocycles. The molecule has 250 valence electrons. The summed E-state index contributed by atoms with van der Waals surface area (Å²) >= 11 is 2.34. The molecule has 2 aromatic heterocycles. The lowest BCUT2D eigenvalue weighted by Gasteiger charge is -2.49. The molecule has 1 unspecified atom stereocenters. The Labute approximate surface area is 286 Å². The lowest BCUT2D eigenvalue weighted by Crippen LogP contribution is -2.71. The lowest BCUT2D eigenvalue weighted by atomic mass is 10.0. The van der Waals surface area contributed by atoms with Crippen LogP contribution in [0.3, 0.4) is 0 Å². The Hall–Kier alpha value is -5.81. The van der Waals surface area contributed by atoms with Crippen molar-refractivity contribution in [1.29, 1.82) is 0 Å². The highest BCUT2D eigenvalue weighted by Crippen LogP contribution is 2.42. The van der Waals surface area contributed by atoms with Crippen molar-refractivity contribution in [2.24, 2.45) is 5.16 Å².